The number of benzene rings is 1. The molecule has 1 aromatic heterocycles. The van der Waals surface area contributed by atoms with Gasteiger partial charge in [-0.3, -0.25) is 10.7 Å². The first-order valence-corrected chi connectivity index (χ1v) is 8.17. The van der Waals surface area contributed by atoms with Crippen LogP contribution in [0.3, 0.4) is 0 Å². The number of para-hydroxylation sites is 1. The van der Waals surface area contributed by atoms with Gasteiger partial charge in [-0.15, -0.1) is 5.10 Å². The van der Waals surface area contributed by atoms with E-state index >= 15 is 0 Å². The van der Waals surface area contributed by atoms with Gasteiger partial charge in [0.1, 0.15) is 0 Å². The molecule has 6 nitrogen and oxygen atoms in total. The third-order valence-electron chi connectivity index (χ3n) is 3.90. The second-order valence-electron chi connectivity index (χ2n) is 5.17. The van der Waals surface area contributed by atoms with E-state index in [1.54, 1.807) is 6.20 Å². The molecule has 0 spiro atoms. The zero-order valence-corrected chi connectivity index (χ0v) is 12.8. The van der Waals surface area contributed by atoms with Crippen molar-refractivity contribution in [3.63, 3.8) is 0 Å². The molecule has 1 saturated heterocycles. The second-order valence-corrected chi connectivity index (χ2v) is 6.32. The molecule has 1 aromatic carbocycles. The van der Waals surface area contributed by atoms with E-state index < -0.39 is 0 Å². The van der Waals surface area contributed by atoms with Gasteiger partial charge in [0.2, 0.25) is 0 Å². The lowest BCUT2D eigenvalue weighted by Crippen LogP contribution is -2.50. The molecule has 0 bridgehead atoms. The number of likely N-dealkylation sites (N-methyl/N-ethyl adjacent to an activating group) is 1. The van der Waals surface area contributed by atoms with Crippen molar-refractivity contribution < 1.29 is 0 Å². The molecule has 1 aliphatic rings. The van der Waals surface area contributed by atoms with Crippen LogP contribution in [-0.2, 0) is 0 Å². The molecule has 2 atom stereocenters. The third-order valence-corrected chi connectivity index (χ3v) is 4.95. The summed E-state index contributed by atoms with van der Waals surface area (Å²) >= 11 is 1.96. The van der Waals surface area contributed by atoms with Gasteiger partial charge in [-0.25, -0.2) is 10.1 Å². The Labute approximate surface area is 128 Å². The fraction of sp³-hybridized carbons (Fsp3) is 0.429. The van der Waals surface area contributed by atoms with Crippen LogP contribution in [0.1, 0.15) is 11.7 Å². The molecule has 112 valence electrons. The van der Waals surface area contributed by atoms with Crippen molar-refractivity contribution in [1.82, 2.24) is 25.3 Å². The van der Waals surface area contributed by atoms with Crippen molar-refractivity contribution in [1.29, 1.82) is 0 Å². The minimum absolute atomic E-state index is 0.00185. The number of hydrogen-bond donors (Lipinski definition) is 2. The maximum Gasteiger partial charge on any atom is 0.0845 e. The van der Waals surface area contributed by atoms with Gasteiger partial charge in [0.05, 0.1) is 23.6 Å². The normalized spacial score (nSPS) is 21.3. The average Bonchev–Trinajstić information content (AvgIpc) is 3.00. The summed E-state index contributed by atoms with van der Waals surface area (Å²) in [5.41, 5.74) is 4.94. The Kier molecular flexibility index (Phi) is 4.54. The number of nitrogens with two attached hydrogens (primary N) is 1. The van der Waals surface area contributed by atoms with Crippen molar-refractivity contribution in [2.45, 2.75) is 12.1 Å². The quantitative estimate of drug-likeness (QED) is 0.644. The number of hydrogen-bond acceptors (Lipinski definition) is 6. The van der Waals surface area contributed by atoms with Crippen LogP contribution >= 0.6 is 11.8 Å². The van der Waals surface area contributed by atoms with E-state index in [-0.39, 0.29) is 6.04 Å². The molecule has 0 amide bonds. The minimum Gasteiger partial charge on any atom is -0.300 e. The SMILES string of the molecule is CN1CCSCC1C(NN)c1cnnn1-c1ccccc1. The van der Waals surface area contributed by atoms with Crippen LogP contribution in [0.2, 0.25) is 0 Å². The monoisotopic (exact) mass is 304 g/mol. The number of hydrazine groups is 1. The first kappa shape index (κ1) is 14.5. The van der Waals surface area contributed by atoms with Crippen molar-refractivity contribution in [3.05, 3.63) is 42.2 Å². The molecule has 0 aliphatic carbocycles. The van der Waals surface area contributed by atoms with E-state index in [0.717, 1.165) is 23.7 Å². The Hall–Kier alpha value is -1.41. The number of thioether (sulfide) groups is 1. The maximum atomic E-state index is 5.85. The molecule has 3 rings (SSSR count). The maximum absolute atomic E-state index is 5.85. The van der Waals surface area contributed by atoms with E-state index in [9.17, 15) is 0 Å². The number of nitrogens with one attached hydrogen (secondary N) is 1. The smallest absolute Gasteiger partial charge is 0.0845 e. The topological polar surface area (TPSA) is 72.0 Å². The summed E-state index contributed by atoms with van der Waals surface area (Å²) in [5, 5.41) is 8.30. The highest BCUT2D eigenvalue weighted by Crippen LogP contribution is 2.27. The van der Waals surface area contributed by atoms with Crippen LogP contribution < -0.4 is 11.3 Å². The van der Waals surface area contributed by atoms with Gasteiger partial charge in [-0.05, 0) is 19.2 Å². The molecule has 2 aromatic rings. The Morgan fingerprint density at radius 3 is 2.90 bits per heavy atom. The first-order chi connectivity index (χ1) is 10.3. The van der Waals surface area contributed by atoms with Crippen LogP contribution in [0, 0.1) is 0 Å². The van der Waals surface area contributed by atoms with Crippen LogP contribution in [0.25, 0.3) is 5.69 Å². The van der Waals surface area contributed by atoms with Crippen LogP contribution in [0.4, 0.5) is 0 Å². The first-order valence-electron chi connectivity index (χ1n) is 7.01. The van der Waals surface area contributed by atoms with Gasteiger partial charge in [-0.2, -0.15) is 11.8 Å². The molecule has 1 fully saturated rings. The van der Waals surface area contributed by atoms with Crippen LogP contribution in [0.5, 0.6) is 0 Å². The van der Waals surface area contributed by atoms with Crippen LogP contribution in [-0.4, -0.2) is 51.0 Å². The standard InChI is InChI=1S/C14H20N6S/c1-19-7-8-21-10-13(19)14(17-15)12-9-16-18-20(12)11-5-3-2-4-6-11/h2-6,9,13-14,17H,7-8,10,15H2,1H3. The largest absolute Gasteiger partial charge is 0.300 e. The van der Waals surface area contributed by atoms with Gasteiger partial charge in [0.15, 0.2) is 0 Å². The van der Waals surface area contributed by atoms with E-state index in [1.165, 1.54) is 5.75 Å². The zero-order valence-electron chi connectivity index (χ0n) is 12.0. The number of nitrogens with zero attached hydrogens (tertiary/aromatic N) is 4. The fourth-order valence-corrected chi connectivity index (χ4v) is 3.95. The molecule has 2 heterocycles. The predicted octanol–water partition coefficient (Wildman–Crippen LogP) is 0.819. The lowest BCUT2D eigenvalue weighted by Gasteiger charge is -2.37. The van der Waals surface area contributed by atoms with Gasteiger partial charge >= 0.3 is 0 Å². The van der Waals surface area contributed by atoms with Crippen molar-refractivity contribution in [3.8, 4) is 5.69 Å². The van der Waals surface area contributed by atoms with Gasteiger partial charge in [-0.1, -0.05) is 23.4 Å². The van der Waals surface area contributed by atoms with Gasteiger partial charge in [0.25, 0.3) is 0 Å². The molecule has 3 N–H and O–H groups in total. The summed E-state index contributed by atoms with van der Waals surface area (Å²) in [4.78, 5) is 2.35. The second kappa shape index (κ2) is 6.57. The summed E-state index contributed by atoms with van der Waals surface area (Å²) < 4.78 is 1.86. The molecular weight excluding hydrogens is 284 g/mol. The summed E-state index contributed by atoms with van der Waals surface area (Å²) in [7, 11) is 2.14. The number of aromatic nitrogens is 3. The van der Waals surface area contributed by atoms with E-state index in [1.807, 2.05) is 46.8 Å². The zero-order chi connectivity index (χ0) is 14.7. The average molecular weight is 304 g/mol. The Morgan fingerprint density at radius 1 is 1.38 bits per heavy atom. The third kappa shape index (κ3) is 2.96. The lowest BCUT2D eigenvalue weighted by atomic mass is 10.1. The molecule has 1 aliphatic heterocycles. The van der Waals surface area contributed by atoms with Gasteiger partial charge in [0, 0.05) is 24.1 Å². The molecule has 0 radical (unpaired) electrons. The fourth-order valence-electron chi connectivity index (χ4n) is 2.67. The summed E-state index contributed by atoms with van der Waals surface area (Å²) in [5.74, 6) is 8.06. The number of rotatable bonds is 4. The van der Waals surface area contributed by atoms with Gasteiger partial charge < -0.3 is 0 Å². The van der Waals surface area contributed by atoms with Crippen molar-refractivity contribution in [2.75, 3.05) is 25.1 Å². The van der Waals surface area contributed by atoms with Crippen molar-refractivity contribution in [2.24, 2.45) is 5.84 Å². The Morgan fingerprint density at radius 2 is 2.19 bits per heavy atom. The predicted molar refractivity (Wildman–Crippen MR) is 85.2 cm³/mol. The van der Waals surface area contributed by atoms with E-state index in [2.05, 4.69) is 27.7 Å². The highest BCUT2D eigenvalue weighted by atomic mass is 32.2. The molecule has 2 unspecified atom stereocenters. The highest BCUT2D eigenvalue weighted by Gasteiger charge is 2.31. The summed E-state index contributed by atoms with van der Waals surface area (Å²) in [6.07, 6.45) is 1.80. The Balaban J connectivity index is 1.93. The molecule has 7 heteroatoms. The molecule has 21 heavy (non-hydrogen) atoms. The van der Waals surface area contributed by atoms with Crippen LogP contribution in [0.15, 0.2) is 36.5 Å². The van der Waals surface area contributed by atoms with Crippen molar-refractivity contribution >= 4 is 11.8 Å². The van der Waals surface area contributed by atoms with E-state index in [4.69, 9.17) is 5.84 Å². The summed E-state index contributed by atoms with van der Waals surface area (Å²) in [6.45, 7) is 1.07. The lowest BCUT2D eigenvalue weighted by molar-refractivity contribution is 0.212. The molecular formula is C14H20N6S. The molecule has 0 saturated carbocycles. The minimum atomic E-state index is -0.00185. The van der Waals surface area contributed by atoms with E-state index in [0.29, 0.717) is 6.04 Å². The Bertz CT molecular complexity index is 572. The highest BCUT2D eigenvalue weighted by molar-refractivity contribution is 7.99. The summed E-state index contributed by atoms with van der Waals surface area (Å²) in [6, 6.07) is 10.3.